The summed E-state index contributed by atoms with van der Waals surface area (Å²) in [5.41, 5.74) is 5.67. The summed E-state index contributed by atoms with van der Waals surface area (Å²) >= 11 is 0. The van der Waals surface area contributed by atoms with E-state index in [1.807, 2.05) is 0 Å². The molecule has 0 bridgehead atoms. The minimum atomic E-state index is -0.292. The first kappa shape index (κ1) is 14.8. The van der Waals surface area contributed by atoms with E-state index in [9.17, 15) is 9.18 Å². The molecule has 20 heavy (non-hydrogen) atoms. The third kappa shape index (κ3) is 3.93. The summed E-state index contributed by atoms with van der Waals surface area (Å²) in [6.07, 6.45) is 3.04. The van der Waals surface area contributed by atoms with Gasteiger partial charge in [0.05, 0.1) is 6.54 Å². The van der Waals surface area contributed by atoms with Gasteiger partial charge >= 0.3 is 0 Å². The molecule has 1 aliphatic carbocycles. The molecule has 1 aliphatic rings. The van der Waals surface area contributed by atoms with Crippen LogP contribution in [0.5, 0.6) is 5.75 Å². The van der Waals surface area contributed by atoms with Crippen molar-refractivity contribution < 1.29 is 13.9 Å². The number of amides is 1. The van der Waals surface area contributed by atoms with Gasteiger partial charge in [0, 0.05) is 5.92 Å². The van der Waals surface area contributed by atoms with Crippen LogP contribution in [0.1, 0.15) is 19.3 Å². The number of ether oxygens (including phenoxy) is 1. The Hall–Kier alpha value is -1.62. The Morgan fingerprint density at radius 2 is 2.10 bits per heavy atom. The number of benzene rings is 1. The number of carbonyl (C=O) groups is 1. The largest absolute Gasteiger partial charge is 0.492 e. The van der Waals surface area contributed by atoms with Gasteiger partial charge in [-0.15, -0.1) is 0 Å². The average Bonchev–Trinajstić information content (AvgIpc) is 2.94. The van der Waals surface area contributed by atoms with Gasteiger partial charge in [0.2, 0.25) is 5.91 Å². The topological polar surface area (TPSA) is 64.4 Å². The highest BCUT2D eigenvalue weighted by Gasteiger charge is 2.31. The maximum atomic E-state index is 12.7. The van der Waals surface area contributed by atoms with Crippen LogP contribution in [-0.4, -0.2) is 25.6 Å². The second-order valence-corrected chi connectivity index (χ2v) is 5.13. The number of rotatable bonds is 6. The van der Waals surface area contributed by atoms with Crippen LogP contribution in [0.15, 0.2) is 24.3 Å². The fourth-order valence-electron chi connectivity index (χ4n) is 2.67. The van der Waals surface area contributed by atoms with Gasteiger partial charge in [0.25, 0.3) is 0 Å². The number of nitrogens with two attached hydrogens (primary N) is 1. The maximum absolute atomic E-state index is 12.7. The van der Waals surface area contributed by atoms with Crippen LogP contribution in [0.4, 0.5) is 4.39 Å². The molecule has 2 atom stereocenters. The van der Waals surface area contributed by atoms with Crippen molar-refractivity contribution in [2.75, 3.05) is 19.7 Å². The van der Waals surface area contributed by atoms with E-state index in [2.05, 4.69) is 5.32 Å². The van der Waals surface area contributed by atoms with E-state index in [4.69, 9.17) is 10.5 Å². The van der Waals surface area contributed by atoms with Crippen LogP contribution in [0.25, 0.3) is 0 Å². The molecule has 1 aromatic carbocycles. The normalized spacial score (nSPS) is 21.7. The van der Waals surface area contributed by atoms with Crippen molar-refractivity contribution in [2.45, 2.75) is 19.3 Å². The van der Waals surface area contributed by atoms with E-state index in [-0.39, 0.29) is 17.6 Å². The van der Waals surface area contributed by atoms with Gasteiger partial charge in [0.15, 0.2) is 0 Å². The van der Waals surface area contributed by atoms with Crippen molar-refractivity contribution in [2.24, 2.45) is 17.6 Å². The molecule has 0 heterocycles. The Kier molecular flexibility index (Phi) is 5.35. The van der Waals surface area contributed by atoms with Crippen molar-refractivity contribution in [3.63, 3.8) is 0 Å². The van der Waals surface area contributed by atoms with Gasteiger partial charge in [-0.1, -0.05) is 6.42 Å². The molecule has 3 N–H and O–H groups in total. The zero-order valence-electron chi connectivity index (χ0n) is 11.5. The molecule has 0 saturated heterocycles. The minimum Gasteiger partial charge on any atom is -0.492 e. The molecule has 1 fully saturated rings. The molecule has 1 saturated carbocycles. The van der Waals surface area contributed by atoms with Crippen LogP contribution < -0.4 is 15.8 Å². The predicted molar refractivity (Wildman–Crippen MR) is 74.8 cm³/mol. The van der Waals surface area contributed by atoms with E-state index >= 15 is 0 Å². The zero-order valence-corrected chi connectivity index (χ0v) is 11.5. The number of halogens is 1. The predicted octanol–water partition coefficient (Wildman–Crippen LogP) is 1.70. The van der Waals surface area contributed by atoms with E-state index < -0.39 is 0 Å². The van der Waals surface area contributed by atoms with Crippen molar-refractivity contribution in [3.05, 3.63) is 30.1 Å². The molecule has 4 nitrogen and oxygen atoms in total. The number of hydrogen-bond acceptors (Lipinski definition) is 3. The number of carbonyl (C=O) groups excluding carboxylic acids is 1. The van der Waals surface area contributed by atoms with Crippen molar-refractivity contribution in [3.8, 4) is 5.75 Å². The second kappa shape index (κ2) is 7.24. The standard InChI is InChI=1S/C15H21FN2O2/c16-12-4-6-13(7-5-12)20-9-8-18-15(19)14-3-1-2-11(14)10-17/h4-7,11,14H,1-3,8-10,17H2,(H,18,19)/t11-,14-/m1/s1. The lowest BCUT2D eigenvalue weighted by molar-refractivity contribution is -0.126. The SMILES string of the molecule is NC[C@H]1CCC[C@H]1C(=O)NCCOc1ccc(F)cc1. The van der Waals surface area contributed by atoms with Gasteiger partial charge in [-0.05, 0) is 49.6 Å². The third-order valence-electron chi connectivity index (χ3n) is 3.78. The molecule has 5 heteroatoms. The fraction of sp³-hybridized carbons (Fsp3) is 0.533. The first-order valence-electron chi connectivity index (χ1n) is 7.07. The first-order valence-corrected chi connectivity index (χ1v) is 7.07. The first-order chi connectivity index (χ1) is 9.70. The lowest BCUT2D eigenvalue weighted by Crippen LogP contribution is -2.37. The van der Waals surface area contributed by atoms with Crippen LogP contribution in [-0.2, 0) is 4.79 Å². The Labute approximate surface area is 118 Å². The summed E-state index contributed by atoms with van der Waals surface area (Å²) < 4.78 is 18.1. The average molecular weight is 280 g/mol. The summed E-state index contributed by atoms with van der Waals surface area (Å²) in [4.78, 5) is 12.0. The van der Waals surface area contributed by atoms with E-state index in [1.165, 1.54) is 12.1 Å². The Balaban J connectivity index is 1.68. The van der Waals surface area contributed by atoms with Gasteiger partial charge in [-0.2, -0.15) is 0 Å². The van der Waals surface area contributed by atoms with Gasteiger partial charge < -0.3 is 15.8 Å². The highest BCUT2D eigenvalue weighted by molar-refractivity contribution is 5.79. The van der Waals surface area contributed by atoms with Crippen LogP contribution >= 0.6 is 0 Å². The molecular formula is C15H21FN2O2. The number of nitrogens with one attached hydrogen (secondary N) is 1. The highest BCUT2D eigenvalue weighted by Crippen LogP contribution is 2.30. The summed E-state index contributed by atoms with van der Waals surface area (Å²) in [6.45, 7) is 1.39. The minimum absolute atomic E-state index is 0.0471. The molecule has 0 aliphatic heterocycles. The van der Waals surface area contributed by atoms with Crippen LogP contribution in [0.3, 0.4) is 0 Å². The summed E-state index contributed by atoms with van der Waals surface area (Å²) in [5.74, 6) is 0.737. The Morgan fingerprint density at radius 3 is 2.80 bits per heavy atom. The molecule has 0 radical (unpaired) electrons. The molecule has 2 rings (SSSR count). The molecule has 0 unspecified atom stereocenters. The smallest absolute Gasteiger partial charge is 0.223 e. The van der Waals surface area contributed by atoms with E-state index in [0.717, 1.165) is 19.3 Å². The van der Waals surface area contributed by atoms with E-state index in [0.29, 0.717) is 31.4 Å². The lowest BCUT2D eigenvalue weighted by atomic mass is 9.95. The van der Waals surface area contributed by atoms with Gasteiger partial charge in [-0.3, -0.25) is 4.79 Å². The highest BCUT2D eigenvalue weighted by atomic mass is 19.1. The Morgan fingerprint density at radius 1 is 1.35 bits per heavy atom. The van der Waals surface area contributed by atoms with Crippen molar-refractivity contribution in [1.29, 1.82) is 0 Å². The maximum Gasteiger partial charge on any atom is 0.223 e. The zero-order chi connectivity index (χ0) is 14.4. The number of hydrogen-bond donors (Lipinski definition) is 2. The van der Waals surface area contributed by atoms with Gasteiger partial charge in [0.1, 0.15) is 18.2 Å². The molecule has 0 aromatic heterocycles. The molecular weight excluding hydrogens is 259 g/mol. The van der Waals surface area contributed by atoms with Crippen LogP contribution in [0, 0.1) is 17.7 Å². The lowest BCUT2D eigenvalue weighted by Gasteiger charge is -2.17. The quantitative estimate of drug-likeness (QED) is 0.779. The fourth-order valence-corrected chi connectivity index (χ4v) is 2.67. The molecule has 1 aromatic rings. The van der Waals surface area contributed by atoms with Gasteiger partial charge in [-0.25, -0.2) is 4.39 Å². The van der Waals surface area contributed by atoms with Crippen molar-refractivity contribution >= 4 is 5.91 Å². The summed E-state index contributed by atoms with van der Waals surface area (Å²) in [6, 6.07) is 5.83. The Bertz CT molecular complexity index is 436. The molecule has 110 valence electrons. The third-order valence-corrected chi connectivity index (χ3v) is 3.78. The molecule has 1 amide bonds. The van der Waals surface area contributed by atoms with Crippen LogP contribution in [0.2, 0.25) is 0 Å². The summed E-state index contributed by atoms with van der Waals surface area (Å²) in [7, 11) is 0. The van der Waals surface area contributed by atoms with E-state index in [1.54, 1.807) is 12.1 Å². The summed E-state index contributed by atoms with van der Waals surface area (Å²) in [5, 5.41) is 2.88. The molecule has 0 spiro atoms. The monoisotopic (exact) mass is 280 g/mol. The van der Waals surface area contributed by atoms with Crippen molar-refractivity contribution in [1.82, 2.24) is 5.32 Å². The second-order valence-electron chi connectivity index (χ2n) is 5.13.